The average Bonchev–Trinajstić information content (AvgIpc) is 2.38. The zero-order valence-electron chi connectivity index (χ0n) is 9.86. The molecule has 1 fully saturated rings. The van der Waals surface area contributed by atoms with Gasteiger partial charge >= 0.3 is 0 Å². The number of thioether (sulfide) groups is 1. The van der Waals surface area contributed by atoms with Crippen molar-refractivity contribution in [3.05, 3.63) is 29.6 Å². The minimum atomic E-state index is -0.337. The van der Waals surface area contributed by atoms with Gasteiger partial charge in [-0.3, -0.25) is 4.79 Å². The zero-order valence-corrected chi connectivity index (χ0v) is 10.7. The molecule has 1 saturated heterocycles. The average molecular weight is 253 g/mol. The van der Waals surface area contributed by atoms with Crippen molar-refractivity contribution in [2.45, 2.75) is 18.6 Å². The Morgan fingerprint density at radius 1 is 1.53 bits per heavy atom. The fraction of sp³-hybridized carbons (Fsp3) is 0.462. The third kappa shape index (κ3) is 3.00. The summed E-state index contributed by atoms with van der Waals surface area (Å²) in [5.41, 5.74) is 1.23. The van der Waals surface area contributed by atoms with E-state index in [9.17, 15) is 9.18 Å². The Morgan fingerprint density at radius 2 is 2.35 bits per heavy atom. The third-order valence-corrected chi connectivity index (χ3v) is 4.37. The molecule has 1 unspecified atom stereocenters. The summed E-state index contributed by atoms with van der Waals surface area (Å²) in [7, 11) is 0. The van der Waals surface area contributed by atoms with E-state index in [4.69, 9.17) is 0 Å². The molecule has 2 rings (SSSR count). The number of rotatable bonds is 3. The number of hydrogen-bond donors (Lipinski definition) is 0. The lowest BCUT2D eigenvalue weighted by Crippen LogP contribution is -2.37. The zero-order chi connectivity index (χ0) is 12.3. The largest absolute Gasteiger partial charge is 0.369 e. The van der Waals surface area contributed by atoms with E-state index in [1.54, 1.807) is 6.07 Å². The number of nitrogens with zero attached hydrogens (tertiary/aromatic N) is 1. The van der Waals surface area contributed by atoms with E-state index in [-0.39, 0.29) is 5.82 Å². The SMILES string of the molecule is CCC1CN(c2cc(F)cc(C=O)c2)CCS1. The first kappa shape index (κ1) is 12.4. The molecule has 0 N–H and O–H groups in total. The molecule has 1 aliphatic rings. The number of hydrogen-bond acceptors (Lipinski definition) is 3. The summed E-state index contributed by atoms with van der Waals surface area (Å²) >= 11 is 1.97. The van der Waals surface area contributed by atoms with Gasteiger partial charge in [-0.15, -0.1) is 0 Å². The van der Waals surface area contributed by atoms with Crippen LogP contribution in [0.1, 0.15) is 23.7 Å². The molecule has 1 aromatic rings. The van der Waals surface area contributed by atoms with Crippen molar-refractivity contribution in [2.75, 3.05) is 23.7 Å². The highest BCUT2D eigenvalue weighted by Gasteiger charge is 2.19. The molecule has 0 spiro atoms. The third-order valence-electron chi connectivity index (χ3n) is 3.00. The van der Waals surface area contributed by atoms with Crippen LogP contribution in [0.4, 0.5) is 10.1 Å². The smallest absolute Gasteiger partial charge is 0.150 e. The van der Waals surface area contributed by atoms with Gasteiger partial charge in [-0.2, -0.15) is 11.8 Å². The number of aldehydes is 1. The van der Waals surface area contributed by atoms with Crippen LogP contribution in [0.2, 0.25) is 0 Å². The molecule has 1 aromatic carbocycles. The summed E-state index contributed by atoms with van der Waals surface area (Å²) in [5, 5.41) is 0.603. The topological polar surface area (TPSA) is 20.3 Å². The van der Waals surface area contributed by atoms with Gasteiger partial charge in [0.2, 0.25) is 0 Å². The normalized spacial score (nSPS) is 20.4. The van der Waals surface area contributed by atoms with Gasteiger partial charge in [-0.25, -0.2) is 4.39 Å². The first-order chi connectivity index (χ1) is 8.22. The summed E-state index contributed by atoms with van der Waals surface area (Å²) in [6, 6.07) is 4.54. The first-order valence-corrected chi connectivity index (χ1v) is 6.90. The van der Waals surface area contributed by atoms with E-state index in [2.05, 4.69) is 11.8 Å². The van der Waals surface area contributed by atoms with Crippen LogP contribution in [0.15, 0.2) is 18.2 Å². The summed E-state index contributed by atoms with van der Waals surface area (Å²) in [6.07, 6.45) is 1.82. The van der Waals surface area contributed by atoms with Crippen LogP contribution in [0.5, 0.6) is 0 Å². The molecule has 1 heterocycles. The van der Waals surface area contributed by atoms with Crippen molar-refractivity contribution in [1.29, 1.82) is 0 Å². The molecule has 4 heteroatoms. The van der Waals surface area contributed by atoms with Crippen LogP contribution in [0.25, 0.3) is 0 Å². The molecule has 92 valence electrons. The highest BCUT2D eigenvalue weighted by Crippen LogP contribution is 2.26. The second-order valence-electron chi connectivity index (χ2n) is 4.21. The molecule has 0 amide bonds. The molecule has 0 saturated carbocycles. The van der Waals surface area contributed by atoms with Crippen LogP contribution in [0.3, 0.4) is 0 Å². The van der Waals surface area contributed by atoms with Crippen molar-refractivity contribution in [3.8, 4) is 0 Å². The molecule has 17 heavy (non-hydrogen) atoms. The summed E-state index contributed by atoms with van der Waals surface area (Å²) < 4.78 is 13.4. The number of halogens is 1. The predicted octanol–water partition coefficient (Wildman–Crippen LogP) is 2.97. The minimum absolute atomic E-state index is 0.337. The highest BCUT2D eigenvalue weighted by molar-refractivity contribution is 8.00. The molecule has 2 nitrogen and oxygen atoms in total. The summed E-state index contributed by atoms with van der Waals surface area (Å²) in [6.45, 7) is 4.02. The van der Waals surface area contributed by atoms with Crippen LogP contribution < -0.4 is 4.90 Å². The predicted molar refractivity (Wildman–Crippen MR) is 70.5 cm³/mol. The lowest BCUT2D eigenvalue weighted by Gasteiger charge is -2.33. The highest BCUT2D eigenvalue weighted by atomic mass is 32.2. The Morgan fingerprint density at radius 3 is 3.06 bits per heavy atom. The molecule has 1 atom stereocenters. The monoisotopic (exact) mass is 253 g/mol. The Kier molecular flexibility index (Phi) is 4.05. The van der Waals surface area contributed by atoms with Crippen LogP contribution in [-0.2, 0) is 0 Å². The molecule has 0 aromatic heterocycles. The fourth-order valence-corrected chi connectivity index (χ4v) is 3.23. The van der Waals surface area contributed by atoms with Gasteiger partial charge in [0.25, 0.3) is 0 Å². The van der Waals surface area contributed by atoms with Gasteiger partial charge in [0, 0.05) is 35.3 Å². The Balaban J connectivity index is 2.20. The van der Waals surface area contributed by atoms with Crippen molar-refractivity contribution in [1.82, 2.24) is 0 Å². The van der Waals surface area contributed by atoms with Gasteiger partial charge in [0.15, 0.2) is 0 Å². The number of carbonyl (C=O) groups is 1. The van der Waals surface area contributed by atoms with E-state index in [1.807, 2.05) is 11.8 Å². The Labute approximate surface area is 105 Å². The molecular formula is C13H16FNOS. The van der Waals surface area contributed by atoms with Crippen LogP contribution in [-0.4, -0.2) is 30.4 Å². The van der Waals surface area contributed by atoms with Gasteiger partial charge in [0.1, 0.15) is 12.1 Å². The van der Waals surface area contributed by atoms with Crippen molar-refractivity contribution < 1.29 is 9.18 Å². The number of anilines is 1. The maximum absolute atomic E-state index is 13.4. The molecule has 1 aliphatic heterocycles. The van der Waals surface area contributed by atoms with E-state index in [1.165, 1.54) is 12.1 Å². The number of benzene rings is 1. The summed E-state index contributed by atoms with van der Waals surface area (Å²) in [5.74, 6) is 0.724. The maximum Gasteiger partial charge on any atom is 0.150 e. The molecular weight excluding hydrogens is 237 g/mol. The first-order valence-electron chi connectivity index (χ1n) is 5.85. The standard InChI is InChI=1S/C13H16FNOS/c1-2-13-8-15(3-4-17-13)12-6-10(9-16)5-11(14)7-12/h5-7,9,13H,2-4,8H2,1H3. The number of carbonyl (C=O) groups excluding carboxylic acids is 1. The minimum Gasteiger partial charge on any atom is -0.369 e. The van der Waals surface area contributed by atoms with Gasteiger partial charge in [-0.1, -0.05) is 6.92 Å². The molecule has 0 radical (unpaired) electrons. The van der Waals surface area contributed by atoms with Gasteiger partial charge < -0.3 is 4.90 Å². The van der Waals surface area contributed by atoms with Crippen LogP contribution >= 0.6 is 11.8 Å². The quantitative estimate of drug-likeness (QED) is 0.772. The van der Waals surface area contributed by atoms with Crippen molar-refractivity contribution in [3.63, 3.8) is 0 Å². The molecule has 0 aliphatic carbocycles. The van der Waals surface area contributed by atoms with Crippen LogP contribution in [0, 0.1) is 5.82 Å². The fourth-order valence-electron chi connectivity index (χ4n) is 2.05. The lowest BCUT2D eigenvalue weighted by molar-refractivity contribution is 0.112. The Hall–Kier alpha value is -1.03. The van der Waals surface area contributed by atoms with E-state index in [0.717, 1.165) is 31.0 Å². The van der Waals surface area contributed by atoms with Gasteiger partial charge in [-0.05, 0) is 24.6 Å². The van der Waals surface area contributed by atoms with Crippen molar-refractivity contribution >= 4 is 23.7 Å². The second-order valence-corrected chi connectivity index (χ2v) is 5.62. The van der Waals surface area contributed by atoms with E-state index < -0.39 is 0 Å². The van der Waals surface area contributed by atoms with E-state index >= 15 is 0 Å². The lowest BCUT2D eigenvalue weighted by atomic mass is 10.2. The van der Waals surface area contributed by atoms with Crippen molar-refractivity contribution in [2.24, 2.45) is 0 Å². The van der Waals surface area contributed by atoms with Gasteiger partial charge in [0.05, 0.1) is 0 Å². The summed E-state index contributed by atoms with van der Waals surface area (Å²) in [4.78, 5) is 12.9. The second kappa shape index (κ2) is 5.54. The molecule has 0 bridgehead atoms. The maximum atomic E-state index is 13.4. The Bertz CT molecular complexity index is 410. The van der Waals surface area contributed by atoms with E-state index in [0.29, 0.717) is 17.1 Å².